The number of aromatic carboxylic acids is 1. The molecule has 1 fully saturated rings. The van der Waals surface area contributed by atoms with Crippen LogP contribution in [-0.4, -0.2) is 33.3 Å². The molecule has 19 heavy (non-hydrogen) atoms. The third-order valence-corrected chi connectivity index (χ3v) is 3.73. The number of nitrogens with zero attached hydrogens (tertiary/aromatic N) is 1. The van der Waals surface area contributed by atoms with Gasteiger partial charge in [0.15, 0.2) is 0 Å². The van der Waals surface area contributed by atoms with Gasteiger partial charge in [-0.3, -0.25) is 4.98 Å². The van der Waals surface area contributed by atoms with Crippen LogP contribution in [0.1, 0.15) is 43.0 Å². The first-order valence-corrected chi connectivity index (χ1v) is 6.64. The summed E-state index contributed by atoms with van der Waals surface area (Å²) in [6, 6.07) is 1.46. The molecule has 1 aromatic heterocycles. The third-order valence-electron chi connectivity index (χ3n) is 3.73. The Morgan fingerprint density at radius 1 is 1.63 bits per heavy atom. The van der Waals surface area contributed by atoms with Gasteiger partial charge in [-0.1, -0.05) is 19.8 Å². The van der Waals surface area contributed by atoms with Crippen molar-refractivity contribution >= 4 is 11.7 Å². The van der Waals surface area contributed by atoms with Crippen LogP contribution in [-0.2, 0) is 0 Å². The number of aromatic nitrogens is 1. The standard InChI is InChI=1S/C14H20N2O3/c1-10-3-2-5-14(19,7-10)9-16-12-8-15-6-4-11(12)13(17)18/h4,6,8,10,16,19H,2-3,5,7,9H2,1H3,(H,17,18). The maximum Gasteiger partial charge on any atom is 0.337 e. The minimum absolute atomic E-state index is 0.183. The SMILES string of the molecule is CC1CCCC(O)(CNc2cnccc2C(=O)O)C1. The first kappa shape index (κ1) is 13.8. The maximum absolute atomic E-state index is 11.1. The average molecular weight is 264 g/mol. The second kappa shape index (κ2) is 5.57. The molecule has 0 aromatic carbocycles. The van der Waals surface area contributed by atoms with Crippen molar-refractivity contribution in [3.8, 4) is 0 Å². The number of nitrogens with one attached hydrogen (secondary N) is 1. The molecule has 104 valence electrons. The van der Waals surface area contributed by atoms with Gasteiger partial charge in [0.25, 0.3) is 0 Å². The van der Waals surface area contributed by atoms with Crippen LogP contribution < -0.4 is 5.32 Å². The Balaban J connectivity index is 2.04. The summed E-state index contributed by atoms with van der Waals surface area (Å²) in [5.41, 5.74) is -0.104. The van der Waals surface area contributed by atoms with Gasteiger partial charge in [0, 0.05) is 12.7 Å². The van der Waals surface area contributed by atoms with Gasteiger partial charge in [-0.05, 0) is 24.8 Å². The highest BCUT2D eigenvalue weighted by molar-refractivity contribution is 5.93. The monoisotopic (exact) mass is 264 g/mol. The predicted molar refractivity (Wildman–Crippen MR) is 72.3 cm³/mol. The van der Waals surface area contributed by atoms with E-state index >= 15 is 0 Å². The quantitative estimate of drug-likeness (QED) is 0.776. The molecule has 0 radical (unpaired) electrons. The van der Waals surface area contributed by atoms with Gasteiger partial charge in [0.2, 0.25) is 0 Å². The molecule has 2 atom stereocenters. The smallest absolute Gasteiger partial charge is 0.337 e. The van der Waals surface area contributed by atoms with Crippen LogP contribution in [0.4, 0.5) is 5.69 Å². The highest BCUT2D eigenvalue weighted by Crippen LogP contribution is 2.32. The highest BCUT2D eigenvalue weighted by atomic mass is 16.4. The molecule has 1 aliphatic carbocycles. The van der Waals surface area contributed by atoms with Crippen molar-refractivity contribution in [2.45, 2.75) is 38.2 Å². The van der Waals surface area contributed by atoms with Crippen LogP contribution in [0.25, 0.3) is 0 Å². The van der Waals surface area contributed by atoms with Gasteiger partial charge in [0.05, 0.1) is 23.0 Å². The summed E-state index contributed by atoms with van der Waals surface area (Å²) in [4.78, 5) is 15.0. The van der Waals surface area contributed by atoms with E-state index in [0.717, 1.165) is 25.7 Å². The van der Waals surface area contributed by atoms with E-state index < -0.39 is 11.6 Å². The van der Waals surface area contributed by atoms with Gasteiger partial charge in [-0.15, -0.1) is 0 Å². The van der Waals surface area contributed by atoms with Crippen LogP contribution in [0, 0.1) is 5.92 Å². The molecule has 0 amide bonds. The molecule has 2 unspecified atom stereocenters. The van der Waals surface area contributed by atoms with Crippen molar-refractivity contribution in [2.24, 2.45) is 5.92 Å². The molecule has 1 aliphatic rings. The van der Waals surface area contributed by atoms with Gasteiger partial charge < -0.3 is 15.5 Å². The van der Waals surface area contributed by atoms with Gasteiger partial charge in [-0.2, -0.15) is 0 Å². The van der Waals surface area contributed by atoms with Crippen LogP contribution >= 0.6 is 0 Å². The first-order chi connectivity index (χ1) is 9.00. The summed E-state index contributed by atoms with van der Waals surface area (Å²) in [5.74, 6) is -0.484. The Hall–Kier alpha value is -1.62. The second-order valence-corrected chi connectivity index (χ2v) is 5.51. The Labute approximate surface area is 112 Å². The molecular formula is C14H20N2O3. The number of carboxylic acid groups (broad SMARTS) is 1. The van der Waals surface area contributed by atoms with Gasteiger partial charge >= 0.3 is 5.97 Å². The van der Waals surface area contributed by atoms with Crippen molar-refractivity contribution in [2.75, 3.05) is 11.9 Å². The molecular weight excluding hydrogens is 244 g/mol. The fraction of sp³-hybridized carbons (Fsp3) is 0.571. The lowest BCUT2D eigenvalue weighted by molar-refractivity contribution is -0.000812. The number of carbonyl (C=O) groups is 1. The molecule has 2 rings (SSSR count). The fourth-order valence-electron chi connectivity index (χ4n) is 2.77. The van der Waals surface area contributed by atoms with Crippen LogP contribution in [0.3, 0.4) is 0 Å². The van der Waals surface area contributed by atoms with E-state index in [9.17, 15) is 9.90 Å². The molecule has 1 saturated carbocycles. The number of rotatable bonds is 4. The van der Waals surface area contributed by atoms with E-state index in [2.05, 4.69) is 17.2 Å². The average Bonchev–Trinajstić information content (AvgIpc) is 2.36. The molecule has 0 spiro atoms. The van der Waals surface area contributed by atoms with E-state index in [1.165, 1.54) is 18.5 Å². The molecule has 0 saturated heterocycles. The summed E-state index contributed by atoms with van der Waals surface area (Å²) >= 11 is 0. The number of pyridine rings is 1. The molecule has 3 N–H and O–H groups in total. The lowest BCUT2D eigenvalue weighted by Gasteiger charge is -2.36. The summed E-state index contributed by atoms with van der Waals surface area (Å²) in [6.45, 7) is 2.50. The zero-order valence-electron chi connectivity index (χ0n) is 11.1. The highest BCUT2D eigenvalue weighted by Gasteiger charge is 2.32. The number of anilines is 1. The van der Waals surface area contributed by atoms with Crippen molar-refractivity contribution in [1.82, 2.24) is 4.98 Å². The molecule has 0 bridgehead atoms. The lowest BCUT2D eigenvalue weighted by atomic mass is 9.79. The van der Waals surface area contributed by atoms with E-state index in [1.807, 2.05) is 0 Å². The maximum atomic E-state index is 11.1. The summed E-state index contributed by atoms with van der Waals surface area (Å²) < 4.78 is 0. The van der Waals surface area contributed by atoms with Crippen LogP contribution in [0.2, 0.25) is 0 Å². The van der Waals surface area contributed by atoms with Crippen LogP contribution in [0.15, 0.2) is 18.5 Å². The Bertz CT molecular complexity index is 464. The van der Waals surface area contributed by atoms with Gasteiger partial charge in [0.1, 0.15) is 0 Å². The number of hydrogen-bond acceptors (Lipinski definition) is 4. The number of hydrogen-bond donors (Lipinski definition) is 3. The Morgan fingerprint density at radius 2 is 2.42 bits per heavy atom. The van der Waals surface area contributed by atoms with E-state index in [-0.39, 0.29) is 5.56 Å². The van der Waals surface area contributed by atoms with Crippen molar-refractivity contribution in [3.63, 3.8) is 0 Å². The fourth-order valence-corrected chi connectivity index (χ4v) is 2.77. The van der Waals surface area contributed by atoms with E-state index in [4.69, 9.17) is 5.11 Å². The molecule has 1 aromatic rings. The summed E-state index contributed by atoms with van der Waals surface area (Å²) in [7, 11) is 0. The second-order valence-electron chi connectivity index (χ2n) is 5.51. The molecule has 1 heterocycles. The lowest BCUT2D eigenvalue weighted by Crippen LogP contribution is -2.41. The predicted octanol–water partition coefficient (Wildman–Crippen LogP) is 2.13. The normalized spacial score (nSPS) is 26.9. The molecule has 5 heteroatoms. The largest absolute Gasteiger partial charge is 0.478 e. The van der Waals surface area contributed by atoms with Crippen molar-refractivity contribution in [3.05, 3.63) is 24.0 Å². The Kier molecular flexibility index (Phi) is 4.04. The van der Waals surface area contributed by atoms with Crippen LogP contribution in [0.5, 0.6) is 0 Å². The zero-order valence-corrected chi connectivity index (χ0v) is 11.1. The minimum Gasteiger partial charge on any atom is -0.478 e. The summed E-state index contributed by atoms with van der Waals surface area (Å²) in [6.07, 6.45) is 6.61. The topological polar surface area (TPSA) is 82.5 Å². The van der Waals surface area contributed by atoms with Crippen molar-refractivity contribution < 1.29 is 15.0 Å². The first-order valence-electron chi connectivity index (χ1n) is 6.64. The van der Waals surface area contributed by atoms with E-state index in [1.54, 1.807) is 0 Å². The van der Waals surface area contributed by atoms with E-state index in [0.29, 0.717) is 18.2 Å². The zero-order chi connectivity index (χ0) is 13.9. The van der Waals surface area contributed by atoms with Crippen molar-refractivity contribution in [1.29, 1.82) is 0 Å². The number of carboxylic acids is 1. The molecule has 5 nitrogen and oxygen atoms in total. The molecule has 0 aliphatic heterocycles. The minimum atomic E-state index is -0.992. The van der Waals surface area contributed by atoms with Gasteiger partial charge in [-0.25, -0.2) is 4.79 Å². The number of aliphatic hydroxyl groups is 1. The Morgan fingerprint density at radius 3 is 3.11 bits per heavy atom. The summed E-state index contributed by atoms with van der Waals surface area (Å²) in [5, 5.41) is 22.6. The third kappa shape index (κ3) is 3.44.